The molecule has 0 radical (unpaired) electrons. The van der Waals surface area contributed by atoms with Gasteiger partial charge in [0, 0.05) is 4.91 Å². The molecule has 2 atom stereocenters. The maximum absolute atomic E-state index is 12.5. The van der Waals surface area contributed by atoms with Crippen LogP contribution in [0.3, 0.4) is 0 Å². The summed E-state index contributed by atoms with van der Waals surface area (Å²) in [6, 6.07) is 23.6. The fourth-order valence-electron chi connectivity index (χ4n) is 5.62. The summed E-state index contributed by atoms with van der Waals surface area (Å²) >= 11 is 0. The number of aryl methyl sites for hydroxylation is 1. The summed E-state index contributed by atoms with van der Waals surface area (Å²) in [7, 11) is -3.35. The SMILES string of the molecule is C1=CCOC=C1.CCS(=O)(=O)c1cccc(C(N=[N+]=[N-])C2CCCc3ccc4c(ccc5ccccc54)c32)c1. The minimum atomic E-state index is -3.35. The highest BCUT2D eigenvalue weighted by molar-refractivity contribution is 7.91. The molecule has 0 amide bonds. The Morgan fingerprint density at radius 1 is 1.00 bits per heavy atom. The van der Waals surface area contributed by atoms with Crippen LogP contribution in [-0.2, 0) is 21.0 Å². The van der Waals surface area contributed by atoms with Gasteiger partial charge in [-0.25, -0.2) is 8.42 Å². The molecule has 0 fully saturated rings. The van der Waals surface area contributed by atoms with Gasteiger partial charge in [0.2, 0.25) is 0 Å². The molecule has 0 saturated carbocycles. The molecule has 1 aliphatic heterocycles. The van der Waals surface area contributed by atoms with Gasteiger partial charge in [-0.05, 0) is 93.2 Å². The third kappa shape index (κ3) is 5.56. The summed E-state index contributed by atoms with van der Waals surface area (Å²) in [6.07, 6.45) is 10.3. The van der Waals surface area contributed by atoms with Crippen molar-refractivity contribution < 1.29 is 13.2 Å². The Hall–Kier alpha value is -4.06. The Kier molecular flexibility index (Phi) is 8.01. The van der Waals surface area contributed by atoms with Crippen molar-refractivity contribution in [2.75, 3.05) is 12.4 Å². The Morgan fingerprint density at radius 2 is 1.85 bits per heavy atom. The third-order valence-electron chi connectivity index (χ3n) is 7.50. The van der Waals surface area contributed by atoms with Crippen molar-refractivity contribution in [3.8, 4) is 0 Å². The number of fused-ring (bicyclic) bond motifs is 5. The predicted octanol–water partition coefficient (Wildman–Crippen LogP) is 8.34. The second-order valence-corrected chi connectivity index (χ2v) is 12.0. The lowest BCUT2D eigenvalue weighted by Gasteiger charge is -2.32. The number of azide groups is 1. The van der Waals surface area contributed by atoms with Crippen LogP contribution < -0.4 is 0 Å². The van der Waals surface area contributed by atoms with E-state index >= 15 is 0 Å². The van der Waals surface area contributed by atoms with E-state index in [1.165, 1.54) is 32.7 Å². The molecule has 0 bridgehead atoms. The lowest BCUT2D eigenvalue weighted by molar-refractivity contribution is 0.286. The summed E-state index contributed by atoms with van der Waals surface area (Å²) in [6.45, 7) is 2.37. The molecule has 0 N–H and O–H groups in total. The van der Waals surface area contributed by atoms with Gasteiger partial charge in [0.1, 0.15) is 6.61 Å². The van der Waals surface area contributed by atoms with E-state index in [-0.39, 0.29) is 16.6 Å². The van der Waals surface area contributed by atoms with E-state index in [0.717, 1.165) is 31.4 Å². The van der Waals surface area contributed by atoms with E-state index in [4.69, 9.17) is 4.74 Å². The molecule has 2 unspecified atom stereocenters. The number of ether oxygens (including phenoxy) is 1. The molecule has 6 rings (SSSR count). The van der Waals surface area contributed by atoms with Crippen LogP contribution in [0.25, 0.3) is 32.0 Å². The van der Waals surface area contributed by atoms with Crippen molar-refractivity contribution in [1.82, 2.24) is 0 Å². The van der Waals surface area contributed by atoms with E-state index in [1.54, 1.807) is 31.4 Å². The molecule has 4 aromatic rings. The average Bonchev–Trinajstić information content (AvgIpc) is 3.00. The van der Waals surface area contributed by atoms with Gasteiger partial charge in [0.05, 0.1) is 23.0 Å². The van der Waals surface area contributed by atoms with E-state index in [1.807, 2.05) is 30.4 Å². The third-order valence-corrected chi connectivity index (χ3v) is 9.23. The molecule has 7 heteroatoms. The van der Waals surface area contributed by atoms with Crippen molar-refractivity contribution >= 4 is 31.4 Å². The van der Waals surface area contributed by atoms with Crippen LogP contribution in [0.15, 0.2) is 107 Å². The topological polar surface area (TPSA) is 92.1 Å². The van der Waals surface area contributed by atoms with Gasteiger partial charge >= 0.3 is 0 Å². The summed E-state index contributed by atoms with van der Waals surface area (Å²) in [5, 5.41) is 9.01. The summed E-state index contributed by atoms with van der Waals surface area (Å²) < 4.78 is 29.8. The minimum absolute atomic E-state index is 0.0194. The predicted molar refractivity (Wildman–Crippen MR) is 157 cm³/mol. The van der Waals surface area contributed by atoms with Crippen LogP contribution in [0, 0.1) is 0 Å². The Bertz CT molecular complexity index is 1710. The number of allylic oxidation sites excluding steroid dienone is 2. The fourth-order valence-corrected chi connectivity index (χ4v) is 6.56. The lowest BCUT2D eigenvalue weighted by Crippen LogP contribution is -2.17. The first-order valence-corrected chi connectivity index (χ1v) is 14.9. The summed E-state index contributed by atoms with van der Waals surface area (Å²) in [4.78, 5) is 3.46. The Balaban J connectivity index is 0.000000455. The highest BCUT2D eigenvalue weighted by Gasteiger charge is 2.31. The first kappa shape index (κ1) is 26.5. The molecular formula is C32H31N3O3S. The molecule has 198 valence electrons. The van der Waals surface area contributed by atoms with Gasteiger partial charge in [0.15, 0.2) is 9.84 Å². The molecule has 39 heavy (non-hydrogen) atoms. The van der Waals surface area contributed by atoms with Crippen molar-refractivity contribution in [2.45, 2.75) is 43.0 Å². The minimum Gasteiger partial charge on any atom is -0.497 e. The number of benzene rings is 4. The van der Waals surface area contributed by atoms with Crippen LogP contribution in [0.1, 0.15) is 48.4 Å². The van der Waals surface area contributed by atoms with Crippen LogP contribution in [0.4, 0.5) is 0 Å². The van der Waals surface area contributed by atoms with Crippen LogP contribution in [0.5, 0.6) is 0 Å². The van der Waals surface area contributed by atoms with E-state index < -0.39 is 15.9 Å². The van der Waals surface area contributed by atoms with Crippen molar-refractivity contribution in [2.24, 2.45) is 5.11 Å². The number of rotatable bonds is 5. The lowest BCUT2D eigenvalue weighted by atomic mass is 9.74. The Labute approximate surface area is 229 Å². The van der Waals surface area contributed by atoms with Gasteiger partial charge in [-0.2, -0.15) is 0 Å². The number of hydrogen-bond donors (Lipinski definition) is 0. The summed E-state index contributed by atoms with van der Waals surface area (Å²) in [5.74, 6) is 0.0150. The maximum Gasteiger partial charge on any atom is 0.178 e. The zero-order valence-electron chi connectivity index (χ0n) is 21.9. The Morgan fingerprint density at radius 3 is 2.56 bits per heavy atom. The standard InChI is InChI=1S/C27H25N3O2S.C5H6O/c1-2-33(31,32)21-10-5-9-20(17-21)27(29-30-28)25-12-6-8-19-14-15-23-22-11-4-3-7-18(22)13-16-24(23)26(19)25;1-2-4-6-5-3-1/h3-5,7,9-11,13-17,25,27H,2,6,8,12H2,1H3;1-4H,5H2. The zero-order chi connectivity index (χ0) is 27.2. The molecule has 0 saturated heterocycles. The molecular weight excluding hydrogens is 506 g/mol. The van der Waals surface area contributed by atoms with E-state index in [9.17, 15) is 13.9 Å². The van der Waals surface area contributed by atoms with E-state index in [0.29, 0.717) is 0 Å². The second kappa shape index (κ2) is 11.8. The van der Waals surface area contributed by atoms with Crippen molar-refractivity contribution in [1.29, 1.82) is 0 Å². The second-order valence-electron chi connectivity index (χ2n) is 9.73. The number of nitrogens with zero attached hydrogens (tertiary/aromatic N) is 3. The van der Waals surface area contributed by atoms with Crippen LogP contribution in [0.2, 0.25) is 0 Å². The largest absolute Gasteiger partial charge is 0.497 e. The molecule has 0 spiro atoms. The number of sulfone groups is 1. The van der Waals surface area contributed by atoms with Crippen LogP contribution in [-0.4, -0.2) is 20.8 Å². The first-order valence-electron chi connectivity index (χ1n) is 13.3. The van der Waals surface area contributed by atoms with Gasteiger partial charge in [-0.1, -0.05) is 78.8 Å². The highest BCUT2D eigenvalue weighted by Crippen LogP contribution is 2.46. The zero-order valence-corrected chi connectivity index (χ0v) is 22.7. The average molecular weight is 538 g/mol. The quantitative estimate of drug-likeness (QED) is 0.111. The highest BCUT2D eigenvalue weighted by atomic mass is 32.2. The first-order chi connectivity index (χ1) is 19.0. The van der Waals surface area contributed by atoms with Gasteiger partial charge in [-0.3, -0.25) is 0 Å². The normalized spacial score (nSPS) is 16.9. The molecule has 1 aliphatic carbocycles. The summed E-state index contributed by atoms with van der Waals surface area (Å²) in [5.41, 5.74) is 12.7. The smallest absolute Gasteiger partial charge is 0.178 e. The molecule has 1 heterocycles. The molecule has 2 aliphatic rings. The maximum atomic E-state index is 12.5. The van der Waals surface area contributed by atoms with Crippen molar-refractivity contribution in [3.63, 3.8) is 0 Å². The molecule has 0 aromatic heterocycles. The van der Waals surface area contributed by atoms with Gasteiger partial charge in [-0.15, -0.1) is 0 Å². The van der Waals surface area contributed by atoms with Gasteiger partial charge < -0.3 is 4.74 Å². The van der Waals surface area contributed by atoms with E-state index in [2.05, 4.69) is 52.5 Å². The molecule has 6 nitrogen and oxygen atoms in total. The fraction of sp³-hybridized carbons (Fsp3) is 0.250. The van der Waals surface area contributed by atoms with Gasteiger partial charge in [0.25, 0.3) is 0 Å². The van der Waals surface area contributed by atoms with Crippen molar-refractivity contribution in [3.05, 3.63) is 124 Å². The number of hydrogen-bond acceptors (Lipinski definition) is 4. The van der Waals surface area contributed by atoms with Crippen LogP contribution >= 0.6 is 0 Å². The monoisotopic (exact) mass is 537 g/mol. The molecule has 4 aromatic carbocycles.